The molecule has 0 saturated heterocycles. The molecule has 0 fully saturated rings. The van der Waals surface area contributed by atoms with E-state index in [-0.39, 0.29) is 12.2 Å². The lowest BCUT2D eigenvalue weighted by Gasteiger charge is -2.08. The number of esters is 1. The molecule has 0 saturated carbocycles. The SMILES string of the molecule is C=C(C)C(=O)OC(N)CO. The number of hydrogen-bond donors (Lipinski definition) is 2. The lowest BCUT2D eigenvalue weighted by atomic mass is 10.4. The standard InChI is InChI=1S/C6H11NO3/c1-4(2)6(9)10-5(7)3-8/h5,8H,1,3,7H2,2H3. The Bertz CT molecular complexity index is 144. The number of rotatable bonds is 3. The van der Waals surface area contributed by atoms with Gasteiger partial charge in [-0.25, -0.2) is 4.79 Å². The van der Waals surface area contributed by atoms with Crippen molar-refractivity contribution in [2.75, 3.05) is 6.61 Å². The molecular weight excluding hydrogens is 134 g/mol. The van der Waals surface area contributed by atoms with Gasteiger partial charge in [0.15, 0.2) is 6.23 Å². The van der Waals surface area contributed by atoms with E-state index in [1.807, 2.05) is 0 Å². The third kappa shape index (κ3) is 3.21. The summed E-state index contributed by atoms with van der Waals surface area (Å²) < 4.78 is 4.45. The van der Waals surface area contributed by atoms with Crippen LogP contribution in [0.25, 0.3) is 0 Å². The topological polar surface area (TPSA) is 72.5 Å². The summed E-state index contributed by atoms with van der Waals surface area (Å²) in [6.07, 6.45) is -0.941. The van der Waals surface area contributed by atoms with Crippen molar-refractivity contribution < 1.29 is 14.6 Å². The van der Waals surface area contributed by atoms with Gasteiger partial charge in [0.25, 0.3) is 0 Å². The Hall–Kier alpha value is -0.870. The molecule has 0 radical (unpaired) electrons. The normalized spacial score (nSPS) is 12.3. The fourth-order valence-electron chi connectivity index (χ4n) is 0.275. The van der Waals surface area contributed by atoms with Crippen LogP contribution < -0.4 is 5.73 Å². The smallest absolute Gasteiger partial charge is 0.334 e. The molecule has 0 amide bonds. The van der Waals surface area contributed by atoms with Gasteiger partial charge in [-0.15, -0.1) is 0 Å². The Balaban J connectivity index is 3.68. The second-order valence-electron chi connectivity index (χ2n) is 1.91. The number of nitrogens with two attached hydrogens (primary N) is 1. The summed E-state index contributed by atoms with van der Waals surface area (Å²) in [6.45, 7) is 4.46. The first-order valence-electron chi connectivity index (χ1n) is 2.81. The molecule has 4 heteroatoms. The summed E-state index contributed by atoms with van der Waals surface area (Å²) in [6, 6.07) is 0. The highest BCUT2D eigenvalue weighted by atomic mass is 16.6. The van der Waals surface area contributed by atoms with Gasteiger partial charge in [0.05, 0.1) is 6.61 Å². The summed E-state index contributed by atoms with van der Waals surface area (Å²) in [4.78, 5) is 10.6. The maximum Gasteiger partial charge on any atom is 0.334 e. The number of aliphatic hydroxyl groups excluding tert-OH is 1. The Morgan fingerprint density at radius 3 is 2.70 bits per heavy atom. The van der Waals surface area contributed by atoms with Crippen molar-refractivity contribution >= 4 is 5.97 Å². The van der Waals surface area contributed by atoms with Gasteiger partial charge in [-0.2, -0.15) is 0 Å². The van der Waals surface area contributed by atoms with Crippen molar-refractivity contribution in [3.63, 3.8) is 0 Å². The maximum absolute atomic E-state index is 10.6. The first kappa shape index (κ1) is 9.13. The third-order valence-electron chi connectivity index (χ3n) is 0.787. The summed E-state index contributed by atoms with van der Waals surface area (Å²) in [7, 11) is 0. The Labute approximate surface area is 59.3 Å². The second-order valence-corrected chi connectivity index (χ2v) is 1.91. The molecule has 0 heterocycles. The molecule has 0 aromatic heterocycles. The zero-order valence-corrected chi connectivity index (χ0v) is 5.83. The second kappa shape index (κ2) is 4.03. The van der Waals surface area contributed by atoms with E-state index in [9.17, 15) is 4.79 Å². The minimum atomic E-state index is -0.941. The van der Waals surface area contributed by atoms with Gasteiger partial charge in [0, 0.05) is 5.57 Å². The van der Waals surface area contributed by atoms with Crippen molar-refractivity contribution in [2.45, 2.75) is 13.2 Å². The molecule has 0 aliphatic rings. The first-order valence-corrected chi connectivity index (χ1v) is 2.81. The Morgan fingerprint density at radius 2 is 2.40 bits per heavy atom. The van der Waals surface area contributed by atoms with Crippen LogP contribution in [-0.4, -0.2) is 23.9 Å². The monoisotopic (exact) mass is 145 g/mol. The molecule has 0 bridgehead atoms. The molecule has 0 aromatic carbocycles. The van der Waals surface area contributed by atoms with Crippen LogP contribution in [-0.2, 0) is 9.53 Å². The van der Waals surface area contributed by atoms with Gasteiger partial charge in [0.2, 0.25) is 0 Å². The van der Waals surface area contributed by atoms with E-state index in [1.54, 1.807) is 0 Å². The van der Waals surface area contributed by atoms with Crippen LogP contribution in [0.15, 0.2) is 12.2 Å². The van der Waals surface area contributed by atoms with Crippen LogP contribution in [0, 0.1) is 0 Å². The van der Waals surface area contributed by atoms with Crippen molar-refractivity contribution in [1.82, 2.24) is 0 Å². The van der Waals surface area contributed by atoms with Crippen LogP contribution in [0.2, 0.25) is 0 Å². The number of aliphatic hydroxyl groups is 1. The van der Waals surface area contributed by atoms with Gasteiger partial charge in [-0.3, -0.25) is 5.73 Å². The average molecular weight is 145 g/mol. The van der Waals surface area contributed by atoms with E-state index >= 15 is 0 Å². The van der Waals surface area contributed by atoms with Crippen molar-refractivity contribution in [2.24, 2.45) is 5.73 Å². The van der Waals surface area contributed by atoms with E-state index in [4.69, 9.17) is 10.8 Å². The lowest BCUT2D eigenvalue weighted by Crippen LogP contribution is -2.30. The van der Waals surface area contributed by atoms with Crippen molar-refractivity contribution in [1.29, 1.82) is 0 Å². The number of carbonyl (C=O) groups excluding carboxylic acids is 1. The molecule has 0 rings (SSSR count). The summed E-state index contributed by atoms with van der Waals surface area (Å²) >= 11 is 0. The van der Waals surface area contributed by atoms with Crippen LogP contribution >= 0.6 is 0 Å². The van der Waals surface area contributed by atoms with E-state index in [1.165, 1.54) is 6.92 Å². The molecule has 10 heavy (non-hydrogen) atoms. The first-order chi connectivity index (χ1) is 4.57. The van der Waals surface area contributed by atoms with E-state index in [0.29, 0.717) is 0 Å². The van der Waals surface area contributed by atoms with Crippen LogP contribution in [0.1, 0.15) is 6.92 Å². The quantitative estimate of drug-likeness (QED) is 0.315. The number of ether oxygens (including phenoxy) is 1. The molecule has 1 unspecified atom stereocenters. The van der Waals surface area contributed by atoms with E-state index in [2.05, 4.69) is 11.3 Å². The summed E-state index contributed by atoms with van der Waals surface area (Å²) in [5, 5.41) is 8.33. The van der Waals surface area contributed by atoms with Gasteiger partial charge in [0.1, 0.15) is 0 Å². The predicted octanol–water partition coefficient (Wildman–Crippen LogP) is -0.617. The number of carbonyl (C=O) groups is 1. The molecule has 58 valence electrons. The van der Waals surface area contributed by atoms with Gasteiger partial charge in [-0.05, 0) is 6.92 Å². The predicted molar refractivity (Wildman–Crippen MR) is 36.0 cm³/mol. The fraction of sp³-hybridized carbons (Fsp3) is 0.500. The lowest BCUT2D eigenvalue weighted by molar-refractivity contribution is -0.145. The molecular formula is C6H11NO3. The van der Waals surface area contributed by atoms with Crippen LogP contribution in [0.3, 0.4) is 0 Å². The highest BCUT2D eigenvalue weighted by Crippen LogP contribution is 1.93. The summed E-state index contributed by atoms with van der Waals surface area (Å²) in [5.41, 5.74) is 5.35. The molecule has 1 atom stereocenters. The Kier molecular flexibility index (Phi) is 3.68. The van der Waals surface area contributed by atoms with E-state index < -0.39 is 12.2 Å². The summed E-state index contributed by atoms with van der Waals surface area (Å²) in [5.74, 6) is -0.582. The van der Waals surface area contributed by atoms with Crippen molar-refractivity contribution in [3.05, 3.63) is 12.2 Å². The van der Waals surface area contributed by atoms with Crippen LogP contribution in [0.4, 0.5) is 0 Å². The molecule has 0 aliphatic carbocycles. The van der Waals surface area contributed by atoms with Gasteiger partial charge < -0.3 is 9.84 Å². The molecule has 0 aromatic rings. The third-order valence-corrected chi connectivity index (χ3v) is 0.787. The van der Waals surface area contributed by atoms with Gasteiger partial charge in [-0.1, -0.05) is 6.58 Å². The average Bonchev–Trinajstić information content (AvgIpc) is 1.87. The van der Waals surface area contributed by atoms with E-state index in [0.717, 1.165) is 0 Å². The minimum absolute atomic E-state index is 0.268. The molecule has 4 nitrogen and oxygen atoms in total. The minimum Gasteiger partial charge on any atom is -0.441 e. The highest BCUT2D eigenvalue weighted by Gasteiger charge is 2.07. The van der Waals surface area contributed by atoms with Gasteiger partial charge >= 0.3 is 5.97 Å². The highest BCUT2D eigenvalue weighted by molar-refractivity contribution is 5.87. The molecule has 0 spiro atoms. The Morgan fingerprint density at radius 1 is 1.90 bits per heavy atom. The largest absolute Gasteiger partial charge is 0.441 e. The molecule has 3 N–H and O–H groups in total. The zero-order chi connectivity index (χ0) is 8.15. The zero-order valence-electron chi connectivity index (χ0n) is 5.83. The maximum atomic E-state index is 10.6. The van der Waals surface area contributed by atoms with Crippen molar-refractivity contribution in [3.8, 4) is 0 Å². The molecule has 0 aliphatic heterocycles. The fourth-order valence-corrected chi connectivity index (χ4v) is 0.275. The number of hydrogen-bond acceptors (Lipinski definition) is 4. The van der Waals surface area contributed by atoms with Crippen LogP contribution in [0.5, 0.6) is 0 Å².